The molecule has 0 atom stereocenters. The lowest BCUT2D eigenvalue weighted by Crippen LogP contribution is -2.15. The minimum atomic E-state index is -0.204. The molecule has 0 unspecified atom stereocenters. The maximum absolute atomic E-state index is 13.2. The SMILES string of the molecule is CSc1nnnn1-c1cccc(NC(=O)c2nn(-c3ccccc3C)c3c2CCC3)c1. The van der Waals surface area contributed by atoms with Gasteiger partial charge in [0.15, 0.2) is 5.69 Å². The van der Waals surface area contributed by atoms with Crippen molar-refractivity contribution in [2.24, 2.45) is 0 Å². The molecule has 1 aliphatic rings. The van der Waals surface area contributed by atoms with E-state index in [2.05, 4.69) is 33.8 Å². The first-order valence-corrected chi connectivity index (χ1v) is 11.3. The minimum Gasteiger partial charge on any atom is -0.321 e. The van der Waals surface area contributed by atoms with E-state index in [1.165, 1.54) is 11.8 Å². The second kappa shape index (κ2) is 7.99. The molecule has 0 aliphatic heterocycles. The van der Waals surface area contributed by atoms with Gasteiger partial charge in [-0.3, -0.25) is 4.79 Å². The molecule has 1 aliphatic carbocycles. The van der Waals surface area contributed by atoms with Gasteiger partial charge in [-0.05, 0) is 72.7 Å². The number of carbonyl (C=O) groups excluding carboxylic acids is 1. The highest BCUT2D eigenvalue weighted by Crippen LogP contribution is 2.29. The second-order valence-corrected chi connectivity index (χ2v) is 8.18. The van der Waals surface area contributed by atoms with Gasteiger partial charge in [-0.1, -0.05) is 36.0 Å². The van der Waals surface area contributed by atoms with Crippen LogP contribution < -0.4 is 5.32 Å². The van der Waals surface area contributed by atoms with Crippen LogP contribution in [0.5, 0.6) is 0 Å². The lowest BCUT2D eigenvalue weighted by Gasteiger charge is -2.09. The van der Waals surface area contributed by atoms with E-state index in [-0.39, 0.29) is 5.91 Å². The summed E-state index contributed by atoms with van der Waals surface area (Å²) in [6, 6.07) is 15.6. The quantitative estimate of drug-likeness (QED) is 0.486. The van der Waals surface area contributed by atoms with Crippen LogP contribution in [0, 0.1) is 6.92 Å². The molecule has 0 fully saturated rings. The standard InChI is InChI=1S/C22H21N7OS/c1-14-7-3-4-11-18(14)29-19-12-6-10-17(19)20(25-29)21(30)23-15-8-5-9-16(13-15)28-22(31-2)24-26-27-28/h3-5,7-9,11,13H,6,10,12H2,1-2H3,(H,23,30). The predicted octanol–water partition coefficient (Wildman–Crippen LogP) is 3.62. The number of rotatable bonds is 5. The van der Waals surface area contributed by atoms with Crippen molar-refractivity contribution in [2.45, 2.75) is 31.3 Å². The van der Waals surface area contributed by atoms with Crippen LogP contribution >= 0.6 is 11.8 Å². The number of para-hydroxylation sites is 1. The van der Waals surface area contributed by atoms with Gasteiger partial charge >= 0.3 is 0 Å². The van der Waals surface area contributed by atoms with Crippen LogP contribution in [-0.2, 0) is 12.8 Å². The molecule has 1 N–H and O–H groups in total. The second-order valence-electron chi connectivity index (χ2n) is 7.41. The van der Waals surface area contributed by atoms with Crippen LogP contribution in [0.15, 0.2) is 53.7 Å². The molecule has 156 valence electrons. The zero-order valence-electron chi connectivity index (χ0n) is 17.2. The van der Waals surface area contributed by atoms with Crippen molar-refractivity contribution in [1.29, 1.82) is 0 Å². The number of nitrogens with one attached hydrogen (secondary N) is 1. The first kappa shape index (κ1) is 19.5. The van der Waals surface area contributed by atoms with Gasteiger partial charge in [0, 0.05) is 16.9 Å². The van der Waals surface area contributed by atoms with E-state index < -0.39 is 0 Å². The fourth-order valence-electron chi connectivity index (χ4n) is 3.99. The maximum Gasteiger partial charge on any atom is 0.276 e. The molecule has 2 aromatic heterocycles. The number of anilines is 1. The van der Waals surface area contributed by atoms with Crippen molar-refractivity contribution < 1.29 is 4.79 Å². The van der Waals surface area contributed by atoms with Crippen molar-refractivity contribution in [3.63, 3.8) is 0 Å². The molecule has 8 nitrogen and oxygen atoms in total. The van der Waals surface area contributed by atoms with Crippen molar-refractivity contribution in [3.05, 3.63) is 71.0 Å². The number of thioether (sulfide) groups is 1. The number of nitrogens with zero attached hydrogens (tertiary/aromatic N) is 6. The van der Waals surface area contributed by atoms with E-state index in [1.54, 1.807) is 4.68 Å². The van der Waals surface area contributed by atoms with Gasteiger partial charge in [-0.15, -0.1) is 5.10 Å². The summed E-state index contributed by atoms with van der Waals surface area (Å²) in [7, 11) is 0. The summed E-state index contributed by atoms with van der Waals surface area (Å²) in [4.78, 5) is 13.2. The summed E-state index contributed by atoms with van der Waals surface area (Å²) >= 11 is 1.46. The molecule has 0 saturated heterocycles. The Kier molecular flexibility index (Phi) is 5.03. The molecular weight excluding hydrogens is 410 g/mol. The normalized spacial score (nSPS) is 12.7. The van der Waals surface area contributed by atoms with E-state index >= 15 is 0 Å². The van der Waals surface area contributed by atoms with E-state index in [4.69, 9.17) is 5.10 Å². The number of hydrogen-bond donors (Lipinski definition) is 1. The highest BCUT2D eigenvalue weighted by atomic mass is 32.2. The molecule has 9 heteroatoms. The predicted molar refractivity (Wildman–Crippen MR) is 119 cm³/mol. The molecule has 0 spiro atoms. The average molecular weight is 432 g/mol. The summed E-state index contributed by atoms with van der Waals surface area (Å²) < 4.78 is 3.58. The molecule has 0 radical (unpaired) electrons. The summed E-state index contributed by atoms with van der Waals surface area (Å²) in [6.45, 7) is 2.06. The largest absolute Gasteiger partial charge is 0.321 e. The van der Waals surface area contributed by atoms with Crippen molar-refractivity contribution in [3.8, 4) is 11.4 Å². The molecule has 0 saturated carbocycles. The van der Waals surface area contributed by atoms with Gasteiger partial charge in [0.2, 0.25) is 5.16 Å². The number of hydrogen-bond acceptors (Lipinski definition) is 6. The van der Waals surface area contributed by atoms with Crippen LogP contribution in [0.3, 0.4) is 0 Å². The third-order valence-electron chi connectivity index (χ3n) is 5.46. The third-order valence-corrected chi connectivity index (χ3v) is 6.08. The molecular formula is C22H21N7OS. The first-order chi connectivity index (χ1) is 15.2. The average Bonchev–Trinajstić information content (AvgIpc) is 3.51. The van der Waals surface area contributed by atoms with Crippen LogP contribution in [-0.4, -0.2) is 42.2 Å². The minimum absolute atomic E-state index is 0.204. The first-order valence-electron chi connectivity index (χ1n) is 10.1. The van der Waals surface area contributed by atoms with Crippen molar-refractivity contribution in [1.82, 2.24) is 30.0 Å². The summed E-state index contributed by atoms with van der Waals surface area (Å²) in [5.41, 5.74) is 6.27. The van der Waals surface area contributed by atoms with Gasteiger partial charge in [-0.2, -0.15) is 9.78 Å². The number of tetrazole rings is 1. The Hall–Kier alpha value is -3.46. The number of benzene rings is 2. The smallest absolute Gasteiger partial charge is 0.276 e. The number of amides is 1. The molecule has 0 bridgehead atoms. The molecule has 31 heavy (non-hydrogen) atoms. The summed E-state index contributed by atoms with van der Waals surface area (Å²) in [6.07, 6.45) is 4.74. The molecule has 2 aromatic carbocycles. The Morgan fingerprint density at radius 3 is 2.81 bits per heavy atom. The topological polar surface area (TPSA) is 90.5 Å². The monoisotopic (exact) mass is 431 g/mol. The highest BCUT2D eigenvalue weighted by molar-refractivity contribution is 7.98. The number of carbonyl (C=O) groups is 1. The fourth-order valence-corrected chi connectivity index (χ4v) is 4.43. The van der Waals surface area contributed by atoms with Crippen LogP contribution in [0.1, 0.15) is 33.7 Å². The lowest BCUT2D eigenvalue weighted by atomic mass is 10.1. The van der Waals surface area contributed by atoms with E-state index in [0.29, 0.717) is 16.5 Å². The Balaban J connectivity index is 1.47. The number of aromatic nitrogens is 6. The Morgan fingerprint density at radius 1 is 1.10 bits per heavy atom. The Morgan fingerprint density at radius 2 is 1.97 bits per heavy atom. The van der Waals surface area contributed by atoms with Crippen LogP contribution in [0.4, 0.5) is 5.69 Å². The lowest BCUT2D eigenvalue weighted by molar-refractivity contribution is 0.102. The van der Waals surface area contributed by atoms with Crippen molar-refractivity contribution >= 4 is 23.4 Å². The van der Waals surface area contributed by atoms with Gasteiger partial charge in [0.25, 0.3) is 5.91 Å². The number of aryl methyl sites for hydroxylation is 1. The van der Waals surface area contributed by atoms with Gasteiger partial charge in [-0.25, -0.2) is 4.68 Å². The van der Waals surface area contributed by atoms with Gasteiger partial charge < -0.3 is 5.32 Å². The molecule has 5 rings (SSSR count). The highest BCUT2D eigenvalue weighted by Gasteiger charge is 2.27. The summed E-state index contributed by atoms with van der Waals surface area (Å²) in [5, 5.41) is 20.2. The molecule has 4 aromatic rings. The van der Waals surface area contributed by atoms with Crippen molar-refractivity contribution in [2.75, 3.05) is 11.6 Å². The third kappa shape index (κ3) is 3.50. The molecule has 1 amide bonds. The molecule has 2 heterocycles. The van der Waals surface area contributed by atoms with E-state index in [9.17, 15) is 4.79 Å². The van der Waals surface area contributed by atoms with E-state index in [1.807, 2.05) is 53.4 Å². The fraction of sp³-hybridized carbons (Fsp3) is 0.227. The Bertz CT molecular complexity index is 1280. The zero-order valence-corrected chi connectivity index (χ0v) is 18.1. The van der Waals surface area contributed by atoms with Gasteiger partial charge in [0.1, 0.15) is 0 Å². The zero-order chi connectivity index (χ0) is 21.4. The Labute approximate surface area is 183 Å². The maximum atomic E-state index is 13.2. The summed E-state index contributed by atoms with van der Waals surface area (Å²) in [5.74, 6) is -0.204. The van der Waals surface area contributed by atoms with Crippen LogP contribution in [0.2, 0.25) is 0 Å². The van der Waals surface area contributed by atoms with E-state index in [0.717, 1.165) is 47.5 Å². The number of fused-ring (bicyclic) bond motifs is 1. The van der Waals surface area contributed by atoms with Gasteiger partial charge in [0.05, 0.1) is 11.4 Å². The van der Waals surface area contributed by atoms with Crippen LogP contribution in [0.25, 0.3) is 11.4 Å².